The van der Waals surface area contributed by atoms with Crippen molar-refractivity contribution in [2.75, 3.05) is 13.2 Å². The van der Waals surface area contributed by atoms with Gasteiger partial charge in [0.2, 0.25) is 0 Å². The molecule has 0 spiro atoms. The molecule has 0 N–H and O–H groups in total. The maximum atomic E-state index is 6.20. The summed E-state index contributed by atoms with van der Waals surface area (Å²) >= 11 is 6.31. The number of pyridine rings is 2. The fraction of sp³-hybridized carbons (Fsp3) is 0.375. The van der Waals surface area contributed by atoms with Gasteiger partial charge in [0.1, 0.15) is 0 Å². The molecule has 0 amide bonds. The molecule has 1 aliphatic heterocycles. The molecular formula is C16H17AsClN2O. The summed E-state index contributed by atoms with van der Waals surface area (Å²) in [6.45, 7) is 1.84. The number of halogens is 1. The van der Waals surface area contributed by atoms with Crippen molar-refractivity contribution in [3.05, 3.63) is 41.7 Å². The number of hydrogen-bond acceptors (Lipinski definition) is 3. The molecule has 0 saturated carbocycles. The Bertz CT molecular complexity index is 602. The van der Waals surface area contributed by atoms with E-state index in [1.165, 1.54) is 22.5 Å². The average molecular weight is 364 g/mol. The zero-order valence-corrected chi connectivity index (χ0v) is 14.3. The Hall–Kier alpha value is -0.892. The van der Waals surface area contributed by atoms with Gasteiger partial charge >= 0.3 is 137 Å². The van der Waals surface area contributed by atoms with Crippen molar-refractivity contribution in [2.45, 2.75) is 18.1 Å². The Labute approximate surface area is 136 Å². The van der Waals surface area contributed by atoms with Crippen LogP contribution in [0.25, 0.3) is 11.3 Å². The molecule has 2 aromatic rings. The Morgan fingerprint density at radius 3 is 2.90 bits per heavy atom. The molecule has 3 heterocycles. The van der Waals surface area contributed by atoms with Gasteiger partial charge in [0, 0.05) is 0 Å². The first kappa shape index (κ1) is 15.0. The predicted octanol–water partition coefficient (Wildman–Crippen LogP) is 2.97. The molecule has 0 atom stereocenters. The first-order valence-corrected chi connectivity index (χ1v) is 9.79. The predicted molar refractivity (Wildman–Crippen MR) is 86.2 cm³/mol. The molecule has 2 aromatic heterocycles. The second-order valence-corrected chi connectivity index (χ2v) is 7.93. The van der Waals surface area contributed by atoms with Crippen molar-refractivity contribution in [3.8, 4) is 11.3 Å². The van der Waals surface area contributed by atoms with Crippen LogP contribution in [-0.2, 0) is 4.74 Å². The fourth-order valence-electron chi connectivity index (χ4n) is 2.40. The summed E-state index contributed by atoms with van der Waals surface area (Å²) in [5, 5.41) is 1.93. The monoisotopic (exact) mass is 363 g/mol. The van der Waals surface area contributed by atoms with Gasteiger partial charge < -0.3 is 0 Å². The van der Waals surface area contributed by atoms with Crippen LogP contribution in [0.3, 0.4) is 0 Å². The number of rotatable bonds is 4. The summed E-state index contributed by atoms with van der Waals surface area (Å²) < 4.78 is 6.64. The SMILES string of the molecule is Clc1cnccc1-c1cccc([As]CC2CCOCC2)n1. The van der Waals surface area contributed by atoms with Gasteiger partial charge in [-0.15, -0.1) is 0 Å². The van der Waals surface area contributed by atoms with Crippen molar-refractivity contribution in [1.29, 1.82) is 0 Å². The molecule has 5 heteroatoms. The molecule has 0 bridgehead atoms. The fourth-order valence-corrected chi connectivity index (χ4v) is 5.09. The second kappa shape index (κ2) is 7.40. The minimum atomic E-state index is 0.114. The van der Waals surface area contributed by atoms with Crippen molar-refractivity contribution in [1.82, 2.24) is 9.97 Å². The molecule has 21 heavy (non-hydrogen) atoms. The molecule has 1 fully saturated rings. The van der Waals surface area contributed by atoms with E-state index in [0.717, 1.165) is 30.4 Å². The minimum absolute atomic E-state index is 0.114. The summed E-state index contributed by atoms with van der Waals surface area (Å²) in [7, 11) is 0. The van der Waals surface area contributed by atoms with E-state index in [2.05, 4.69) is 17.1 Å². The molecular weight excluding hydrogens is 347 g/mol. The Kier molecular flexibility index (Phi) is 5.29. The maximum absolute atomic E-state index is 6.20. The normalized spacial score (nSPS) is 16.6. The number of nitrogens with zero attached hydrogens (tertiary/aromatic N) is 2. The zero-order chi connectivity index (χ0) is 14.5. The van der Waals surface area contributed by atoms with Crippen LogP contribution in [0, 0.1) is 5.92 Å². The van der Waals surface area contributed by atoms with Gasteiger partial charge in [-0.3, -0.25) is 0 Å². The summed E-state index contributed by atoms with van der Waals surface area (Å²) in [5.74, 6) is 0.814. The molecule has 1 aliphatic rings. The van der Waals surface area contributed by atoms with Crippen molar-refractivity contribution in [3.63, 3.8) is 0 Å². The zero-order valence-electron chi connectivity index (χ0n) is 11.7. The molecule has 1 radical (unpaired) electrons. The first-order chi connectivity index (χ1) is 10.3. The van der Waals surface area contributed by atoms with Crippen LogP contribution in [0.2, 0.25) is 10.2 Å². The number of hydrogen-bond donors (Lipinski definition) is 0. The third-order valence-corrected chi connectivity index (χ3v) is 6.61. The quantitative estimate of drug-likeness (QED) is 0.783. The molecule has 0 aliphatic carbocycles. The third-order valence-electron chi connectivity index (χ3n) is 3.64. The Morgan fingerprint density at radius 1 is 1.24 bits per heavy atom. The van der Waals surface area contributed by atoms with Gasteiger partial charge in [0.05, 0.1) is 0 Å². The first-order valence-electron chi connectivity index (χ1n) is 7.15. The molecule has 3 rings (SSSR count). The van der Waals surface area contributed by atoms with E-state index in [0.29, 0.717) is 5.02 Å². The van der Waals surface area contributed by atoms with Crippen LogP contribution >= 0.6 is 11.6 Å². The Morgan fingerprint density at radius 2 is 2.10 bits per heavy atom. The van der Waals surface area contributed by atoms with E-state index in [-0.39, 0.29) is 15.8 Å². The third kappa shape index (κ3) is 4.06. The van der Waals surface area contributed by atoms with Gasteiger partial charge in [-0.1, -0.05) is 0 Å². The number of ether oxygens (including phenoxy) is 1. The van der Waals surface area contributed by atoms with E-state index in [9.17, 15) is 0 Å². The van der Waals surface area contributed by atoms with Crippen molar-refractivity contribution in [2.24, 2.45) is 5.92 Å². The van der Waals surface area contributed by atoms with Crippen LogP contribution in [0.5, 0.6) is 0 Å². The summed E-state index contributed by atoms with van der Waals surface area (Å²) in [4.78, 5) is 8.81. The van der Waals surface area contributed by atoms with E-state index < -0.39 is 0 Å². The molecule has 109 valence electrons. The van der Waals surface area contributed by atoms with E-state index in [1.807, 2.05) is 12.1 Å². The molecule has 0 unspecified atom stereocenters. The second-order valence-electron chi connectivity index (χ2n) is 5.13. The van der Waals surface area contributed by atoms with Gasteiger partial charge in [0.15, 0.2) is 0 Å². The van der Waals surface area contributed by atoms with Crippen LogP contribution in [0.4, 0.5) is 0 Å². The summed E-state index contributed by atoms with van der Waals surface area (Å²) in [5.41, 5.74) is 1.91. The van der Waals surface area contributed by atoms with Crippen LogP contribution < -0.4 is 4.48 Å². The molecule has 1 saturated heterocycles. The summed E-state index contributed by atoms with van der Waals surface area (Å²) in [6.07, 6.45) is 5.82. The van der Waals surface area contributed by atoms with Gasteiger partial charge in [-0.2, -0.15) is 0 Å². The summed E-state index contributed by atoms with van der Waals surface area (Å²) in [6, 6.07) is 8.15. The van der Waals surface area contributed by atoms with Crippen LogP contribution in [0.1, 0.15) is 12.8 Å². The van der Waals surface area contributed by atoms with Gasteiger partial charge in [-0.25, -0.2) is 0 Å². The topological polar surface area (TPSA) is 35.0 Å². The van der Waals surface area contributed by atoms with Crippen molar-refractivity contribution >= 4 is 31.8 Å². The molecule has 3 nitrogen and oxygen atoms in total. The van der Waals surface area contributed by atoms with E-state index in [4.69, 9.17) is 21.3 Å². The average Bonchev–Trinajstić information content (AvgIpc) is 2.55. The number of aromatic nitrogens is 2. The van der Waals surface area contributed by atoms with Gasteiger partial charge in [-0.05, 0) is 0 Å². The van der Waals surface area contributed by atoms with Crippen molar-refractivity contribution < 1.29 is 4.74 Å². The van der Waals surface area contributed by atoms with Gasteiger partial charge in [0.25, 0.3) is 0 Å². The van der Waals surface area contributed by atoms with E-state index in [1.54, 1.807) is 12.4 Å². The molecule has 0 aromatic carbocycles. The van der Waals surface area contributed by atoms with Crippen LogP contribution in [-0.4, -0.2) is 38.9 Å². The standard InChI is InChI=1S/C16H17AsClN2O/c18-14-11-19-7-4-13(14)15-2-1-3-16(20-15)17-10-12-5-8-21-9-6-12/h1-4,7,11-12H,5-6,8-10H2. The van der Waals surface area contributed by atoms with E-state index >= 15 is 0 Å². The van der Waals surface area contributed by atoms with Crippen LogP contribution in [0.15, 0.2) is 36.7 Å². The Balaban J connectivity index is 1.70.